The molecular formula is C26H30N2O5S. The van der Waals surface area contributed by atoms with Crippen molar-refractivity contribution in [1.29, 1.82) is 0 Å². The number of nitrogens with zero attached hydrogens (tertiary/aromatic N) is 1. The van der Waals surface area contributed by atoms with Crippen LogP contribution in [0.5, 0.6) is 11.5 Å². The molecule has 3 aromatic rings. The summed E-state index contributed by atoms with van der Waals surface area (Å²) in [7, 11) is -1.22. The van der Waals surface area contributed by atoms with Crippen molar-refractivity contribution in [2.45, 2.75) is 32.6 Å². The second-order valence-electron chi connectivity index (χ2n) is 8.19. The molecule has 0 unspecified atom stereocenters. The van der Waals surface area contributed by atoms with E-state index in [1.165, 1.54) is 14.2 Å². The largest absolute Gasteiger partial charge is 0.495 e. The second kappa shape index (κ2) is 10.2. The van der Waals surface area contributed by atoms with Crippen LogP contribution >= 0.6 is 0 Å². The first kappa shape index (κ1) is 25.1. The molecule has 0 saturated heterocycles. The quantitative estimate of drug-likeness (QED) is 0.500. The topological polar surface area (TPSA) is 84.9 Å². The van der Waals surface area contributed by atoms with Crippen LogP contribution in [0.4, 0.5) is 11.4 Å². The monoisotopic (exact) mass is 482 g/mol. The Morgan fingerprint density at radius 1 is 0.824 bits per heavy atom. The molecule has 7 nitrogen and oxygen atoms in total. The third-order valence-corrected chi connectivity index (χ3v) is 7.38. The van der Waals surface area contributed by atoms with Crippen LogP contribution in [0.25, 0.3) is 0 Å². The number of methoxy groups -OCH3 is 2. The maximum atomic E-state index is 13.9. The molecule has 0 heterocycles. The first-order chi connectivity index (χ1) is 16.1. The highest BCUT2D eigenvalue weighted by Gasteiger charge is 2.30. The first-order valence-electron chi connectivity index (χ1n) is 10.8. The molecule has 0 aliphatic carbocycles. The fourth-order valence-electron chi connectivity index (χ4n) is 3.54. The zero-order chi connectivity index (χ0) is 25.0. The lowest BCUT2D eigenvalue weighted by molar-refractivity contribution is -0.114. The third-order valence-electron chi connectivity index (χ3n) is 5.58. The molecule has 0 aliphatic heterocycles. The van der Waals surface area contributed by atoms with E-state index in [2.05, 4.69) is 5.32 Å². The lowest BCUT2D eigenvalue weighted by atomic mass is 10.1. The third kappa shape index (κ3) is 5.34. The highest BCUT2D eigenvalue weighted by atomic mass is 32.2. The first-order valence-corrected chi connectivity index (χ1v) is 12.2. The van der Waals surface area contributed by atoms with E-state index < -0.39 is 22.5 Å². The molecule has 34 heavy (non-hydrogen) atoms. The van der Waals surface area contributed by atoms with Gasteiger partial charge in [0.05, 0.1) is 25.6 Å². The number of carbonyl (C=O) groups excluding carboxylic acids is 1. The van der Waals surface area contributed by atoms with Gasteiger partial charge in [-0.1, -0.05) is 18.2 Å². The maximum Gasteiger partial charge on any atom is 0.268 e. The molecule has 3 rings (SSSR count). The Morgan fingerprint density at radius 3 is 2.06 bits per heavy atom. The fraction of sp³-hybridized carbons (Fsp3) is 0.269. The summed E-state index contributed by atoms with van der Waals surface area (Å²) in [5.74, 6) is 0.192. The number of benzene rings is 3. The molecule has 8 heteroatoms. The summed E-state index contributed by atoms with van der Waals surface area (Å²) in [6.07, 6.45) is 0. The van der Waals surface area contributed by atoms with Crippen molar-refractivity contribution >= 4 is 27.3 Å². The Bertz CT molecular complexity index is 1320. The van der Waals surface area contributed by atoms with E-state index in [4.69, 9.17) is 9.47 Å². The van der Waals surface area contributed by atoms with Gasteiger partial charge in [-0.3, -0.25) is 9.10 Å². The minimum absolute atomic E-state index is 0.00540. The van der Waals surface area contributed by atoms with E-state index >= 15 is 0 Å². The number of nitrogens with one attached hydrogen (secondary N) is 1. The summed E-state index contributed by atoms with van der Waals surface area (Å²) in [5.41, 5.74) is 4.47. The molecule has 180 valence electrons. The number of amides is 1. The molecular weight excluding hydrogens is 452 g/mol. The van der Waals surface area contributed by atoms with E-state index in [1.807, 2.05) is 32.9 Å². The number of aryl methyl sites for hydroxylation is 4. The molecule has 0 atom stereocenters. The smallest absolute Gasteiger partial charge is 0.268 e. The number of anilines is 2. The van der Waals surface area contributed by atoms with Gasteiger partial charge in [-0.05, 0) is 86.3 Å². The van der Waals surface area contributed by atoms with Gasteiger partial charge in [-0.25, -0.2) is 8.42 Å². The Labute approximate surface area is 201 Å². The van der Waals surface area contributed by atoms with Crippen molar-refractivity contribution in [3.63, 3.8) is 0 Å². The standard InChI is InChI=1S/C26H30N2O5S/c1-17-7-11-23(32-5)22(13-17)27-26(29)16-28(21-10-9-19(3)20(4)15-21)34(30,31)25-14-18(2)8-12-24(25)33-6/h7-15H,16H2,1-6H3,(H,27,29). The Morgan fingerprint density at radius 2 is 1.44 bits per heavy atom. The normalized spacial score (nSPS) is 11.1. The fourth-order valence-corrected chi connectivity index (χ4v) is 5.20. The van der Waals surface area contributed by atoms with E-state index in [-0.39, 0.29) is 10.6 Å². The maximum absolute atomic E-state index is 13.9. The summed E-state index contributed by atoms with van der Waals surface area (Å²) in [6, 6.07) is 15.6. The second-order valence-corrected chi connectivity index (χ2v) is 10.0. The summed E-state index contributed by atoms with van der Waals surface area (Å²) in [4.78, 5) is 13.1. The van der Waals surface area contributed by atoms with Crippen LogP contribution in [0, 0.1) is 27.7 Å². The SMILES string of the molecule is COc1ccc(C)cc1NC(=O)CN(c1ccc(C)c(C)c1)S(=O)(=O)c1cc(C)ccc1OC. The average molecular weight is 483 g/mol. The van der Waals surface area contributed by atoms with E-state index in [1.54, 1.807) is 49.4 Å². The van der Waals surface area contributed by atoms with Crippen molar-refractivity contribution in [2.75, 3.05) is 30.4 Å². The van der Waals surface area contributed by atoms with Gasteiger partial charge in [0, 0.05) is 0 Å². The van der Waals surface area contributed by atoms with Crippen molar-refractivity contribution in [3.05, 3.63) is 76.9 Å². The number of hydrogen-bond acceptors (Lipinski definition) is 5. The van der Waals surface area contributed by atoms with Gasteiger partial charge in [-0.15, -0.1) is 0 Å². The number of rotatable bonds is 8. The van der Waals surface area contributed by atoms with Crippen molar-refractivity contribution in [2.24, 2.45) is 0 Å². The lowest BCUT2D eigenvalue weighted by Gasteiger charge is -2.26. The number of carbonyl (C=O) groups is 1. The van der Waals surface area contributed by atoms with E-state index in [0.29, 0.717) is 17.1 Å². The highest BCUT2D eigenvalue weighted by Crippen LogP contribution is 2.32. The van der Waals surface area contributed by atoms with Gasteiger partial charge in [0.15, 0.2) is 0 Å². The summed E-state index contributed by atoms with van der Waals surface area (Å²) >= 11 is 0. The molecule has 0 saturated carbocycles. The number of ether oxygens (including phenoxy) is 2. The van der Waals surface area contributed by atoms with Gasteiger partial charge in [0.2, 0.25) is 5.91 Å². The van der Waals surface area contributed by atoms with Crippen LogP contribution in [0.15, 0.2) is 59.5 Å². The molecule has 0 radical (unpaired) electrons. The van der Waals surface area contributed by atoms with Crippen molar-refractivity contribution in [3.8, 4) is 11.5 Å². The zero-order valence-electron chi connectivity index (χ0n) is 20.3. The molecule has 0 spiro atoms. The summed E-state index contributed by atoms with van der Waals surface area (Å²) < 4.78 is 39.5. The van der Waals surface area contributed by atoms with Crippen molar-refractivity contribution < 1.29 is 22.7 Å². The molecule has 0 aliphatic rings. The van der Waals surface area contributed by atoms with E-state index in [0.717, 1.165) is 26.6 Å². The van der Waals surface area contributed by atoms with Crippen LogP contribution in [0.2, 0.25) is 0 Å². The van der Waals surface area contributed by atoms with Gasteiger partial charge < -0.3 is 14.8 Å². The molecule has 1 N–H and O–H groups in total. The average Bonchev–Trinajstić information content (AvgIpc) is 2.79. The van der Waals surface area contributed by atoms with Crippen LogP contribution in [-0.4, -0.2) is 35.1 Å². The van der Waals surface area contributed by atoms with Crippen LogP contribution in [-0.2, 0) is 14.8 Å². The van der Waals surface area contributed by atoms with Crippen LogP contribution in [0.3, 0.4) is 0 Å². The van der Waals surface area contributed by atoms with E-state index in [9.17, 15) is 13.2 Å². The number of hydrogen-bond donors (Lipinski definition) is 1. The van der Waals surface area contributed by atoms with Gasteiger partial charge in [-0.2, -0.15) is 0 Å². The summed E-state index contributed by atoms with van der Waals surface area (Å²) in [6.45, 7) is 7.10. The van der Waals surface area contributed by atoms with Gasteiger partial charge in [0.1, 0.15) is 22.9 Å². The molecule has 0 bridgehead atoms. The zero-order valence-corrected chi connectivity index (χ0v) is 21.1. The summed E-state index contributed by atoms with van der Waals surface area (Å²) in [5, 5.41) is 2.79. The molecule has 0 fully saturated rings. The Hall–Kier alpha value is -3.52. The number of sulfonamides is 1. The van der Waals surface area contributed by atoms with Crippen LogP contribution < -0.4 is 19.1 Å². The van der Waals surface area contributed by atoms with Gasteiger partial charge >= 0.3 is 0 Å². The minimum atomic E-state index is -4.14. The van der Waals surface area contributed by atoms with Crippen LogP contribution in [0.1, 0.15) is 22.3 Å². The Balaban J connectivity index is 2.06. The van der Waals surface area contributed by atoms with Crippen molar-refractivity contribution in [1.82, 2.24) is 0 Å². The highest BCUT2D eigenvalue weighted by molar-refractivity contribution is 7.93. The molecule has 1 amide bonds. The predicted molar refractivity (Wildman–Crippen MR) is 135 cm³/mol. The molecule has 3 aromatic carbocycles. The minimum Gasteiger partial charge on any atom is -0.495 e. The lowest BCUT2D eigenvalue weighted by Crippen LogP contribution is -2.38. The predicted octanol–water partition coefficient (Wildman–Crippen LogP) is 4.77. The molecule has 0 aromatic heterocycles. The Kier molecular flexibility index (Phi) is 7.51. The van der Waals surface area contributed by atoms with Gasteiger partial charge in [0.25, 0.3) is 10.0 Å².